The van der Waals surface area contributed by atoms with Crippen LogP contribution < -0.4 is 0 Å². The number of fused-ring (bicyclic) bond motifs is 1. The largest absolute Gasteiger partial charge is 0.506 e. The lowest BCUT2D eigenvalue weighted by molar-refractivity contribution is 0.474. The zero-order valence-corrected chi connectivity index (χ0v) is 17.5. The minimum absolute atomic E-state index is 0.00301. The number of phenols is 1. The van der Waals surface area contributed by atoms with Gasteiger partial charge in [0, 0.05) is 21.8 Å². The number of aliphatic imine (C=N–C) groups is 1. The summed E-state index contributed by atoms with van der Waals surface area (Å²) in [7, 11) is 0. The van der Waals surface area contributed by atoms with E-state index in [-0.39, 0.29) is 10.8 Å². The molecule has 0 fully saturated rings. The minimum atomic E-state index is -0.00301. The van der Waals surface area contributed by atoms with Crippen LogP contribution in [0.1, 0.15) is 16.7 Å². The van der Waals surface area contributed by atoms with Gasteiger partial charge in [0.2, 0.25) is 5.89 Å². The first-order valence-electron chi connectivity index (χ1n) is 8.61. The van der Waals surface area contributed by atoms with Crippen LogP contribution in [0.2, 0.25) is 5.02 Å². The molecule has 0 amide bonds. The quantitative estimate of drug-likeness (QED) is 0.339. The first-order valence-corrected chi connectivity index (χ1v) is 9.79. The summed E-state index contributed by atoms with van der Waals surface area (Å²) in [5.74, 6) is 0.556. The molecule has 4 nitrogen and oxygen atoms in total. The molecule has 1 heterocycles. The fourth-order valence-electron chi connectivity index (χ4n) is 2.97. The molecule has 0 aliphatic rings. The predicted octanol–water partition coefficient (Wildman–Crippen LogP) is 6.98. The third-order valence-electron chi connectivity index (χ3n) is 4.48. The number of nitrogens with zero attached hydrogens (tertiary/aromatic N) is 2. The van der Waals surface area contributed by atoms with Crippen molar-refractivity contribution in [2.45, 2.75) is 13.8 Å². The van der Waals surface area contributed by atoms with E-state index in [1.54, 1.807) is 18.3 Å². The summed E-state index contributed by atoms with van der Waals surface area (Å²) >= 11 is 9.40. The second kappa shape index (κ2) is 7.41. The Bertz CT molecular complexity index is 1230. The second-order valence-corrected chi connectivity index (χ2v) is 7.85. The Morgan fingerprint density at radius 3 is 2.79 bits per heavy atom. The van der Waals surface area contributed by atoms with Crippen LogP contribution in [0.25, 0.3) is 22.6 Å². The summed E-state index contributed by atoms with van der Waals surface area (Å²) in [6.45, 7) is 3.99. The van der Waals surface area contributed by atoms with E-state index < -0.39 is 0 Å². The number of halogens is 2. The van der Waals surface area contributed by atoms with Crippen molar-refractivity contribution < 1.29 is 9.52 Å². The number of hydrogen-bond acceptors (Lipinski definition) is 4. The fourth-order valence-corrected chi connectivity index (χ4v) is 3.81. The molecule has 0 saturated carbocycles. The van der Waals surface area contributed by atoms with Gasteiger partial charge in [0.15, 0.2) is 5.58 Å². The predicted molar refractivity (Wildman–Crippen MR) is 117 cm³/mol. The monoisotopic (exact) mass is 454 g/mol. The Morgan fingerprint density at radius 2 is 1.96 bits per heavy atom. The molecule has 0 radical (unpaired) electrons. The molecular formula is C22H16BrClN2O2. The number of aromatic nitrogens is 1. The van der Waals surface area contributed by atoms with Crippen LogP contribution in [0.5, 0.6) is 5.75 Å². The molecular weight excluding hydrogens is 440 g/mol. The van der Waals surface area contributed by atoms with Gasteiger partial charge in [-0.05, 0) is 61.4 Å². The molecule has 0 aliphatic carbocycles. The summed E-state index contributed by atoms with van der Waals surface area (Å²) in [6.07, 6.45) is 1.59. The van der Waals surface area contributed by atoms with Gasteiger partial charge >= 0.3 is 0 Å². The number of benzene rings is 3. The van der Waals surface area contributed by atoms with Crippen molar-refractivity contribution in [1.82, 2.24) is 4.98 Å². The highest BCUT2D eigenvalue weighted by Gasteiger charge is 2.13. The van der Waals surface area contributed by atoms with Crippen LogP contribution >= 0.6 is 27.5 Å². The summed E-state index contributed by atoms with van der Waals surface area (Å²) < 4.78 is 6.70. The van der Waals surface area contributed by atoms with Gasteiger partial charge < -0.3 is 9.52 Å². The summed E-state index contributed by atoms with van der Waals surface area (Å²) in [4.78, 5) is 9.16. The summed E-state index contributed by atoms with van der Waals surface area (Å²) in [6, 6.07) is 15.1. The van der Waals surface area contributed by atoms with Gasteiger partial charge in [-0.3, -0.25) is 4.99 Å². The molecule has 0 aliphatic heterocycles. The van der Waals surface area contributed by atoms with E-state index in [9.17, 15) is 5.11 Å². The Balaban J connectivity index is 1.74. The van der Waals surface area contributed by atoms with Crippen molar-refractivity contribution in [3.05, 3.63) is 74.7 Å². The van der Waals surface area contributed by atoms with E-state index in [4.69, 9.17) is 16.0 Å². The van der Waals surface area contributed by atoms with E-state index >= 15 is 0 Å². The number of hydrogen-bond donors (Lipinski definition) is 1. The highest BCUT2D eigenvalue weighted by molar-refractivity contribution is 9.10. The Kier molecular flexibility index (Phi) is 4.96. The minimum Gasteiger partial charge on any atom is -0.506 e. The number of rotatable bonds is 3. The first-order chi connectivity index (χ1) is 13.4. The molecule has 0 unspecified atom stereocenters. The average molecular weight is 456 g/mol. The second-order valence-electron chi connectivity index (χ2n) is 6.52. The molecule has 28 heavy (non-hydrogen) atoms. The maximum absolute atomic E-state index is 10.1. The fraction of sp³-hybridized carbons (Fsp3) is 0.0909. The molecule has 0 spiro atoms. The van der Waals surface area contributed by atoms with E-state index in [0.29, 0.717) is 11.5 Å². The molecule has 0 bridgehead atoms. The van der Waals surface area contributed by atoms with E-state index in [1.807, 2.05) is 50.2 Å². The average Bonchev–Trinajstić information content (AvgIpc) is 3.07. The molecule has 140 valence electrons. The van der Waals surface area contributed by atoms with Gasteiger partial charge in [-0.1, -0.05) is 39.7 Å². The first kappa shape index (κ1) is 18.7. The van der Waals surface area contributed by atoms with E-state index in [0.717, 1.165) is 38.0 Å². The molecule has 4 aromatic rings. The lowest BCUT2D eigenvalue weighted by Crippen LogP contribution is -1.87. The molecule has 1 N–H and O–H groups in total. The van der Waals surface area contributed by atoms with Gasteiger partial charge in [-0.15, -0.1) is 0 Å². The maximum atomic E-state index is 10.1. The maximum Gasteiger partial charge on any atom is 0.227 e. The smallest absolute Gasteiger partial charge is 0.227 e. The number of aromatic hydroxyl groups is 1. The van der Waals surface area contributed by atoms with Crippen LogP contribution in [0.4, 0.5) is 5.69 Å². The van der Waals surface area contributed by atoms with Crippen molar-refractivity contribution in [3.8, 4) is 17.2 Å². The SMILES string of the molecule is Cc1ccc2oc(-c3cccc(N=Cc4cc(Br)cc(Cl)c4O)c3C)nc2c1. The van der Waals surface area contributed by atoms with Crippen LogP contribution in [0, 0.1) is 13.8 Å². The Labute approximate surface area is 175 Å². The third-order valence-corrected chi connectivity index (χ3v) is 5.23. The van der Waals surface area contributed by atoms with Crippen molar-refractivity contribution in [3.63, 3.8) is 0 Å². The number of phenolic OH excluding ortho intramolecular Hbond substituents is 1. The highest BCUT2D eigenvalue weighted by Crippen LogP contribution is 2.33. The van der Waals surface area contributed by atoms with Crippen molar-refractivity contribution in [2.75, 3.05) is 0 Å². The zero-order valence-electron chi connectivity index (χ0n) is 15.2. The van der Waals surface area contributed by atoms with Crippen LogP contribution in [-0.2, 0) is 0 Å². The molecule has 4 rings (SSSR count). The van der Waals surface area contributed by atoms with Gasteiger partial charge in [0.05, 0.1) is 10.7 Å². The lowest BCUT2D eigenvalue weighted by Gasteiger charge is -2.06. The Hall–Kier alpha value is -2.63. The van der Waals surface area contributed by atoms with Gasteiger partial charge in [-0.25, -0.2) is 4.98 Å². The molecule has 3 aromatic carbocycles. The highest BCUT2D eigenvalue weighted by atomic mass is 79.9. The van der Waals surface area contributed by atoms with Crippen molar-refractivity contribution in [1.29, 1.82) is 0 Å². The molecule has 6 heteroatoms. The molecule has 0 saturated heterocycles. The van der Waals surface area contributed by atoms with Crippen LogP contribution in [0.3, 0.4) is 0 Å². The van der Waals surface area contributed by atoms with Gasteiger partial charge in [-0.2, -0.15) is 0 Å². The molecule has 1 aromatic heterocycles. The normalized spacial score (nSPS) is 11.6. The van der Waals surface area contributed by atoms with Crippen molar-refractivity contribution in [2.24, 2.45) is 4.99 Å². The third kappa shape index (κ3) is 3.55. The summed E-state index contributed by atoms with van der Waals surface area (Å²) in [5, 5.41) is 10.4. The van der Waals surface area contributed by atoms with Gasteiger partial charge in [0.1, 0.15) is 11.3 Å². The van der Waals surface area contributed by atoms with Gasteiger partial charge in [0.25, 0.3) is 0 Å². The topological polar surface area (TPSA) is 58.6 Å². The van der Waals surface area contributed by atoms with E-state index in [1.165, 1.54) is 0 Å². The van der Waals surface area contributed by atoms with Crippen LogP contribution in [-0.4, -0.2) is 16.3 Å². The van der Waals surface area contributed by atoms with E-state index in [2.05, 4.69) is 25.9 Å². The standard InChI is InChI=1S/C22H16BrClN2O2/c1-12-6-7-20-19(8-12)26-22(28-20)16-4-3-5-18(13(16)2)25-11-14-9-15(23)10-17(24)21(14)27/h3-11,27H,1-2H3. The number of aryl methyl sites for hydroxylation is 1. The Morgan fingerprint density at radius 1 is 1.14 bits per heavy atom. The lowest BCUT2D eigenvalue weighted by atomic mass is 10.1. The van der Waals surface area contributed by atoms with Crippen LogP contribution in [0.15, 0.2) is 62.4 Å². The summed E-state index contributed by atoms with van der Waals surface area (Å²) in [5.41, 5.74) is 5.81. The number of oxazole rings is 1. The van der Waals surface area contributed by atoms with Crippen molar-refractivity contribution >= 4 is 50.5 Å². The molecule has 0 atom stereocenters. The zero-order chi connectivity index (χ0) is 19.8.